The number of carbonyl (C=O) groups is 2. The molecule has 1 aromatic carbocycles. The first kappa shape index (κ1) is 16.9. The Bertz CT molecular complexity index is 558. The Morgan fingerprint density at radius 3 is 2.71 bits per heavy atom. The van der Waals surface area contributed by atoms with Crippen LogP contribution in [0.25, 0.3) is 0 Å². The van der Waals surface area contributed by atoms with Gasteiger partial charge in [0.2, 0.25) is 5.91 Å². The number of hydrogen-bond donors (Lipinski definition) is 1. The molecule has 24 heavy (non-hydrogen) atoms. The normalized spacial score (nSPS) is 22.2. The van der Waals surface area contributed by atoms with Crippen LogP contribution in [0.2, 0.25) is 0 Å². The molecule has 130 valence electrons. The molecule has 2 heterocycles. The van der Waals surface area contributed by atoms with Gasteiger partial charge in [0, 0.05) is 44.4 Å². The zero-order valence-corrected chi connectivity index (χ0v) is 13.9. The summed E-state index contributed by atoms with van der Waals surface area (Å²) in [6.45, 7) is 5.07. The van der Waals surface area contributed by atoms with Crippen molar-refractivity contribution in [1.29, 1.82) is 0 Å². The van der Waals surface area contributed by atoms with Gasteiger partial charge in [-0.3, -0.25) is 14.5 Å². The van der Waals surface area contributed by atoms with Crippen molar-refractivity contribution < 1.29 is 14.3 Å². The van der Waals surface area contributed by atoms with E-state index < -0.39 is 0 Å². The van der Waals surface area contributed by atoms with Crippen molar-refractivity contribution in [1.82, 2.24) is 15.1 Å². The van der Waals surface area contributed by atoms with Gasteiger partial charge in [0.1, 0.15) is 0 Å². The van der Waals surface area contributed by atoms with Crippen molar-refractivity contribution in [3.05, 3.63) is 35.9 Å². The van der Waals surface area contributed by atoms with Crippen molar-refractivity contribution in [2.24, 2.45) is 0 Å². The summed E-state index contributed by atoms with van der Waals surface area (Å²) < 4.78 is 5.46. The number of ether oxygens (including phenoxy) is 1. The number of amides is 2. The minimum Gasteiger partial charge on any atom is -0.380 e. The predicted octanol–water partition coefficient (Wildman–Crippen LogP) is 0.740. The second-order valence-electron chi connectivity index (χ2n) is 6.34. The highest BCUT2D eigenvalue weighted by Gasteiger charge is 2.26. The molecule has 1 N–H and O–H groups in total. The lowest BCUT2D eigenvalue weighted by atomic mass is 10.2. The minimum atomic E-state index is -0.205. The van der Waals surface area contributed by atoms with E-state index in [1.807, 2.05) is 23.1 Å². The van der Waals surface area contributed by atoms with E-state index in [4.69, 9.17) is 4.74 Å². The molecule has 0 aliphatic carbocycles. The molecule has 0 aromatic heterocycles. The molecule has 1 unspecified atom stereocenters. The first-order valence-electron chi connectivity index (χ1n) is 8.67. The van der Waals surface area contributed by atoms with Gasteiger partial charge in [0.15, 0.2) is 0 Å². The van der Waals surface area contributed by atoms with Crippen LogP contribution in [0.3, 0.4) is 0 Å². The van der Waals surface area contributed by atoms with Gasteiger partial charge >= 0.3 is 0 Å². The maximum atomic E-state index is 12.4. The lowest BCUT2D eigenvalue weighted by Gasteiger charge is -2.26. The second kappa shape index (κ2) is 8.26. The molecule has 1 atom stereocenters. The molecule has 1 aromatic rings. The summed E-state index contributed by atoms with van der Waals surface area (Å²) in [6, 6.07) is 9.47. The zero-order valence-electron chi connectivity index (χ0n) is 13.9. The quantitative estimate of drug-likeness (QED) is 0.884. The molecule has 0 saturated carbocycles. The molecule has 2 amide bonds. The van der Waals surface area contributed by atoms with E-state index in [0.717, 1.165) is 52.2 Å². The van der Waals surface area contributed by atoms with E-state index in [2.05, 4.69) is 10.2 Å². The monoisotopic (exact) mass is 331 g/mol. The molecular formula is C18H25N3O3. The Kier molecular flexibility index (Phi) is 5.82. The van der Waals surface area contributed by atoms with Gasteiger partial charge in [-0.05, 0) is 25.0 Å². The average molecular weight is 331 g/mol. The Labute approximate surface area is 142 Å². The molecule has 6 nitrogen and oxygen atoms in total. The van der Waals surface area contributed by atoms with Gasteiger partial charge in [-0.15, -0.1) is 0 Å². The third-order valence-electron chi connectivity index (χ3n) is 4.74. The first-order chi connectivity index (χ1) is 11.7. The van der Waals surface area contributed by atoms with Gasteiger partial charge < -0.3 is 15.0 Å². The maximum Gasteiger partial charge on any atom is 0.251 e. The molecule has 3 rings (SSSR count). The minimum absolute atomic E-state index is 0.0104. The van der Waals surface area contributed by atoms with Gasteiger partial charge in [0.05, 0.1) is 13.2 Å². The maximum absolute atomic E-state index is 12.4. The molecule has 0 spiro atoms. The number of nitrogens with zero attached hydrogens (tertiary/aromatic N) is 2. The van der Waals surface area contributed by atoms with Crippen LogP contribution >= 0.6 is 0 Å². The van der Waals surface area contributed by atoms with Crippen LogP contribution in [0.5, 0.6) is 0 Å². The SMILES string of the molecule is O=C(NCC(=O)N1CCCN(C2CCOC2)CC1)c1ccccc1. The van der Waals surface area contributed by atoms with Crippen LogP contribution in [-0.2, 0) is 9.53 Å². The summed E-state index contributed by atoms with van der Waals surface area (Å²) in [7, 11) is 0. The third kappa shape index (κ3) is 4.33. The number of carbonyl (C=O) groups excluding carboxylic acids is 2. The topological polar surface area (TPSA) is 61.9 Å². The standard InChI is InChI=1S/C18H25N3O3/c22-17(13-19-18(23)15-5-2-1-3-6-15)21-9-4-8-20(10-11-21)16-7-12-24-14-16/h1-3,5-6,16H,4,7-14H2,(H,19,23). The summed E-state index contributed by atoms with van der Waals surface area (Å²) in [5.41, 5.74) is 0.577. The first-order valence-corrected chi connectivity index (χ1v) is 8.67. The van der Waals surface area contributed by atoms with Crippen molar-refractivity contribution >= 4 is 11.8 Å². The fourth-order valence-electron chi connectivity index (χ4n) is 3.32. The number of hydrogen-bond acceptors (Lipinski definition) is 4. The molecule has 2 saturated heterocycles. The average Bonchev–Trinajstić information content (AvgIpc) is 3.04. The molecular weight excluding hydrogens is 306 g/mol. The largest absolute Gasteiger partial charge is 0.380 e. The fraction of sp³-hybridized carbons (Fsp3) is 0.556. The molecule has 6 heteroatoms. The van der Waals surface area contributed by atoms with E-state index >= 15 is 0 Å². The molecule has 2 fully saturated rings. The van der Waals surface area contributed by atoms with Gasteiger partial charge in [-0.2, -0.15) is 0 Å². The van der Waals surface area contributed by atoms with Crippen molar-refractivity contribution in [3.63, 3.8) is 0 Å². The van der Waals surface area contributed by atoms with Crippen LogP contribution in [0.4, 0.5) is 0 Å². The van der Waals surface area contributed by atoms with Crippen LogP contribution in [-0.4, -0.2) is 73.6 Å². The van der Waals surface area contributed by atoms with Gasteiger partial charge in [0.25, 0.3) is 5.91 Å². The Balaban J connectivity index is 1.46. The number of rotatable bonds is 4. The van der Waals surface area contributed by atoms with Crippen LogP contribution < -0.4 is 5.32 Å². The summed E-state index contributed by atoms with van der Waals surface area (Å²) in [5, 5.41) is 2.72. The fourth-order valence-corrected chi connectivity index (χ4v) is 3.32. The van der Waals surface area contributed by atoms with Gasteiger partial charge in [-0.1, -0.05) is 18.2 Å². The van der Waals surface area contributed by atoms with Crippen molar-refractivity contribution in [2.75, 3.05) is 45.9 Å². The van der Waals surface area contributed by atoms with E-state index in [-0.39, 0.29) is 18.4 Å². The Morgan fingerprint density at radius 1 is 1.12 bits per heavy atom. The molecule has 2 aliphatic rings. The highest BCUT2D eigenvalue weighted by molar-refractivity contribution is 5.96. The Morgan fingerprint density at radius 2 is 1.96 bits per heavy atom. The predicted molar refractivity (Wildman–Crippen MR) is 90.8 cm³/mol. The number of nitrogens with one attached hydrogen (secondary N) is 1. The second-order valence-corrected chi connectivity index (χ2v) is 6.34. The van der Waals surface area contributed by atoms with Crippen LogP contribution in [0.15, 0.2) is 30.3 Å². The van der Waals surface area contributed by atoms with Crippen molar-refractivity contribution in [2.45, 2.75) is 18.9 Å². The summed E-state index contributed by atoms with van der Waals surface area (Å²) in [5.74, 6) is -0.215. The zero-order chi connectivity index (χ0) is 16.8. The van der Waals surface area contributed by atoms with Crippen LogP contribution in [0.1, 0.15) is 23.2 Å². The molecule has 2 aliphatic heterocycles. The third-order valence-corrected chi connectivity index (χ3v) is 4.74. The smallest absolute Gasteiger partial charge is 0.251 e. The lowest BCUT2D eigenvalue weighted by Crippen LogP contribution is -2.43. The van der Waals surface area contributed by atoms with Crippen molar-refractivity contribution in [3.8, 4) is 0 Å². The molecule has 0 bridgehead atoms. The van der Waals surface area contributed by atoms with E-state index in [0.29, 0.717) is 11.6 Å². The summed E-state index contributed by atoms with van der Waals surface area (Å²) in [4.78, 5) is 28.7. The highest BCUT2D eigenvalue weighted by Crippen LogP contribution is 2.15. The highest BCUT2D eigenvalue weighted by atomic mass is 16.5. The van der Waals surface area contributed by atoms with E-state index in [9.17, 15) is 9.59 Å². The van der Waals surface area contributed by atoms with E-state index in [1.165, 1.54) is 0 Å². The Hall–Kier alpha value is -1.92. The molecule has 0 radical (unpaired) electrons. The summed E-state index contributed by atoms with van der Waals surface area (Å²) in [6.07, 6.45) is 2.05. The lowest BCUT2D eigenvalue weighted by molar-refractivity contribution is -0.130. The van der Waals surface area contributed by atoms with E-state index in [1.54, 1.807) is 12.1 Å². The summed E-state index contributed by atoms with van der Waals surface area (Å²) >= 11 is 0. The van der Waals surface area contributed by atoms with Gasteiger partial charge in [-0.25, -0.2) is 0 Å². The number of benzene rings is 1. The van der Waals surface area contributed by atoms with Crippen LogP contribution in [0, 0.1) is 0 Å².